The zero-order valence-corrected chi connectivity index (χ0v) is 33.6. The maximum absolute atomic E-state index is 13.2. The van der Waals surface area contributed by atoms with E-state index in [4.69, 9.17) is 47.1 Å². The molecule has 0 amide bonds. The number of Topliss-reactive ketones (excluding diaryl/α,β-unsaturated/α-hetero) is 1. The molecule has 9 nitrogen and oxygen atoms in total. The number of aromatic nitrogens is 1. The van der Waals surface area contributed by atoms with E-state index in [0.29, 0.717) is 64.7 Å². The topological polar surface area (TPSA) is 104 Å². The summed E-state index contributed by atoms with van der Waals surface area (Å²) in [7, 11) is -3.76. The molecule has 0 radical (unpaired) electrons. The van der Waals surface area contributed by atoms with Crippen molar-refractivity contribution in [2.45, 2.75) is 56.4 Å². The first-order valence-electron chi connectivity index (χ1n) is 18.6. The first-order chi connectivity index (χ1) is 26.9. The number of benzene rings is 3. The molecule has 2 heterocycles. The number of ketones is 1. The lowest BCUT2D eigenvalue weighted by Crippen LogP contribution is -2.45. The Balaban J connectivity index is 1.34. The molecule has 3 aromatic carbocycles. The molecule has 0 saturated carbocycles. The molecule has 0 unspecified atom stereocenters. The van der Waals surface area contributed by atoms with E-state index in [0.717, 1.165) is 40.5 Å². The summed E-state index contributed by atoms with van der Waals surface area (Å²) < 4.78 is 86.9. The average molecular weight is 840 g/mol. The van der Waals surface area contributed by atoms with Gasteiger partial charge in [-0.2, -0.15) is 17.5 Å². The van der Waals surface area contributed by atoms with Crippen LogP contribution < -0.4 is 4.74 Å². The molecular weight excluding hydrogens is 792 g/mol. The predicted molar refractivity (Wildman–Crippen MR) is 211 cm³/mol. The summed E-state index contributed by atoms with van der Waals surface area (Å²) in [4.78, 5) is 17.1. The summed E-state index contributed by atoms with van der Waals surface area (Å²) in [5, 5.41) is 2.00. The van der Waals surface area contributed by atoms with Gasteiger partial charge in [0.05, 0.1) is 26.4 Å². The second kappa shape index (κ2) is 20.9. The highest BCUT2D eigenvalue weighted by Crippen LogP contribution is 2.40. The van der Waals surface area contributed by atoms with Gasteiger partial charge in [-0.25, -0.2) is 8.42 Å². The lowest BCUT2D eigenvalue weighted by atomic mass is 9.83. The van der Waals surface area contributed by atoms with Gasteiger partial charge in [0.25, 0.3) is 0 Å². The quantitative estimate of drug-likeness (QED) is 0.0606. The van der Waals surface area contributed by atoms with Crippen LogP contribution in [0.25, 0.3) is 10.9 Å². The Morgan fingerprint density at radius 2 is 1.45 bits per heavy atom. The minimum atomic E-state index is -5.38. The number of unbranched alkanes of at least 4 members (excludes halogenated alkanes) is 1. The van der Waals surface area contributed by atoms with Crippen LogP contribution in [-0.4, -0.2) is 88.8 Å². The number of carbonyl (C=O) groups is 1. The SMILES string of the molecule is COCCOCCCCC(=O)CCOCCOc1cc(C(c2ccc(Cl)cc2)c2ccc(Cl)cc2)cc2c(CC3CCN(S(=O)(=O)C(F)(F)F)CC3)ccnc12. The number of alkyl halides is 3. The first-order valence-corrected chi connectivity index (χ1v) is 20.8. The molecule has 15 heteroatoms. The molecule has 1 fully saturated rings. The van der Waals surface area contributed by atoms with Crippen LogP contribution in [-0.2, 0) is 35.4 Å². The average Bonchev–Trinajstić information content (AvgIpc) is 3.17. The summed E-state index contributed by atoms with van der Waals surface area (Å²) in [5.41, 5.74) is -0.971. The van der Waals surface area contributed by atoms with E-state index < -0.39 is 15.5 Å². The van der Waals surface area contributed by atoms with Gasteiger partial charge in [-0.15, -0.1) is 0 Å². The number of nitrogens with zero attached hydrogens (tertiary/aromatic N) is 2. The molecule has 0 aliphatic carbocycles. The molecule has 56 heavy (non-hydrogen) atoms. The van der Waals surface area contributed by atoms with E-state index >= 15 is 0 Å². The fourth-order valence-electron chi connectivity index (χ4n) is 6.85. The van der Waals surface area contributed by atoms with Gasteiger partial charge in [0, 0.05) is 67.2 Å². The number of halogens is 5. The van der Waals surface area contributed by atoms with Crippen molar-refractivity contribution in [2.75, 3.05) is 59.8 Å². The van der Waals surface area contributed by atoms with E-state index in [-0.39, 0.29) is 63.4 Å². The zero-order chi connectivity index (χ0) is 40.1. The largest absolute Gasteiger partial charge is 0.511 e. The van der Waals surface area contributed by atoms with Gasteiger partial charge in [0.15, 0.2) is 0 Å². The molecule has 1 saturated heterocycles. The van der Waals surface area contributed by atoms with Crippen molar-refractivity contribution in [3.05, 3.63) is 105 Å². The van der Waals surface area contributed by atoms with Gasteiger partial charge in [0.1, 0.15) is 23.7 Å². The summed E-state index contributed by atoms with van der Waals surface area (Å²) in [6.07, 6.45) is 5.07. The summed E-state index contributed by atoms with van der Waals surface area (Å²) in [6.45, 7) is 1.96. The van der Waals surface area contributed by atoms with E-state index in [1.807, 2.05) is 60.7 Å². The molecule has 1 aliphatic rings. The van der Waals surface area contributed by atoms with Gasteiger partial charge in [-0.05, 0) is 103 Å². The van der Waals surface area contributed by atoms with Crippen LogP contribution in [0, 0.1) is 5.92 Å². The fourth-order valence-corrected chi connectivity index (χ4v) is 8.08. The fraction of sp³-hybridized carbons (Fsp3) is 0.463. The normalized spacial score (nSPS) is 14.5. The molecule has 0 atom stereocenters. The number of pyridine rings is 1. The third-order valence-corrected chi connectivity index (χ3v) is 11.9. The van der Waals surface area contributed by atoms with Gasteiger partial charge >= 0.3 is 15.5 Å². The number of hydrogen-bond acceptors (Lipinski definition) is 8. The Bertz CT molecular complexity index is 1930. The minimum Gasteiger partial charge on any atom is -0.489 e. The van der Waals surface area contributed by atoms with Gasteiger partial charge in [-0.3, -0.25) is 9.78 Å². The molecule has 0 N–H and O–H groups in total. The van der Waals surface area contributed by atoms with Crippen molar-refractivity contribution in [1.82, 2.24) is 9.29 Å². The third-order valence-electron chi connectivity index (χ3n) is 9.81. The number of methoxy groups -OCH3 is 1. The van der Waals surface area contributed by atoms with Crippen molar-refractivity contribution in [2.24, 2.45) is 5.92 Å². The molecule has 0 bridgehead atoms. The van der Waals surface area contributed by atoms with Crippen LogP contribution in [0.4, 0.5) is 13.2 Å². The standard InChI is InChI=1S/C41H47Cl2F3N2O7S/c1-52-22-23-53-20-3-2-4-36(49)16-21-54-24-25-55-38-28-33(39(30-5-9-34(42)10-6-30)31-7-11-35(43)12-8-31)27-37-32(13-17-47-40(37)38)26-29-14-18-48(19-15-29)56(50,51)41(44,45)46/h5-13,17,27-29,39H,2-4,14-16,18-26H2,1H3. The number of fused-ring (bicyclic) bond motifs is 1. The summed E-state index contributed by atoms with van der Waals surface area (Å²) >= 11 is 12.6. The Morgan fingerprint density at radius 3 is 2.07 bits per heavy atom. The van der Waals surface area contributed by atoms with Crippen molar-refractivity contribution in [1.29, 1.82) is 0 Å². The number of carbonyl (C=O) groups excluding carboxylic acids is 1. The number of piperidine rings is 1. The monoisotopic (exact) mass is 838 g/mol. The minimum absolute atomic E-state index is 0.0537. The highest BCUT2D eigenvalue weighted by molar-refractivity contribution is 7.90. The number of rotatable bonds is 21. The van der Waals surface area contributed by atoms with Crippen LogP contribution in [0.15, 0.2) is 72.9 Å². The Hall–Kier alpha value is -3.30. The van der Waals surface area contributed by atoms with Crippen LogP contribution in [0.3, 0.4) is 0 Å². The van der Waals surface area contributed by atoms with Crippen molar-refractivity contribution in [3.63, 3.8) is 0 Å². The van der Waals surface area contributed by atoms with Crippen molar-refractivity contribution in [3.8, 4) is 5.75 Å². The first kappa shape index (κ1) is 43.8. The molecule has 304 valence electrons. The second-order valence-electron chi connectivity index (χ2n) is 13.7. The predicted octanol–water partition coefficient (Wildman–Crippen LogP) is 9.01. The van der Waals surface area contributed by atoms with E-state index in [1.54, 1.807) is 13.3 Å². The molecule has 1 aromatic heterocycles. The van der Waals surface area contributed by atoms with Crippen molar-refractivity contribution < 1.29 is 45.3 Å². The van der Waals surface area contributed by atoms with E-state index in [1.165, 1.54) is 0 Å². The lowest BCUT2D eigenvalue weighted by molar-refractivity contribution is -0.120. The molecular formula is C41H47Cl2F3N2O7S. The Kier molecular flexibility index (Phi) is 16.4. The summed E-state index contributed by atoms with van der Waals surface area (Å²) in [5.74, 6) is 0.327. The maximum Gasteiger partial charge on any atom is 0.511 e. The van der Waals surface area contributed by atoms with Crippen LogP contribution >= 0.6 is 23.2 Å². The third kappa shape index (κ3) is 12.1. The Labute approximate surface area is 336 Å². The smallest absolute Gasteiger partial charge is 0.489 e. The number of ether oxygens (including phenoxy) is 4. The molecule has 1 aliphatic heterocycles. The highest BCUT2D eigenvalue weighted by atomic mass is 35.5. The molecule has 0 spiro atoms. The van der Waals surface area contributed by atoms with Crippen LogP contribution in [0.2, 0.25) is 10.0 Å². The molecule has 4 aromatic rings. The zero-order valence-electron chi connectivity index (χ0n) is 31.2. The van der Waals surface area contributed by atoms with E-state index in [2.05, 4.69) is 6.07 Å². The van der Waals surface area contributed by atoms with Crippen LogP contribution in [0.1, 0.15) is 66.7 Å². The van der Waals surface area contributed by atoms with Gasteiger partial charge in [-0.1, -0.05) is 47.5 Å². The number of sulfonamides is 1. The van der Waals surface area contributed by atoms with E-state index in [9.17, 15) is 26.4 Å². The van der Waals surface area contributed by atoms with Crippen molar-refractivity contribution >= 4 is 49.9 Å². The highest BCUT2D eigenvalue weighted by Gasteiger charge is 2.50. The summed E-state index contributed by atoms with van der Waals surface area (Å²) in [6, 6.07) is 21.1. The maximum atomic E-state index is 13.2. The van der Waals surface area contributed by atoms with Gasteiger partial charge < -0.3 is 18.9 Å². The Morgan fingerprint density at radius 1 is 0.821 bits per heavy atom. The number of hydrogen-bond donors (Lipinski definition) is 0. The lowest BCUT2D eigenvalue weighted by Gasteiger charge is -2.31. The second-order valence-corrected chi connectivity index (χ2v) is 16.5. The molecule has 5 rings (SSSR count). The van der Waals surface area contributed by atoms with Crippen LogP contribution in [0.5, 0.6) is 5.75 Å². The van der Waals surface area contributed by atoms with Gasteiger partial charge in [0.2, 0.25) is 0 Å².